The summed E-state index contributed by atoms with van der Waals surface area (Å²) in [4.78, 5) is 0. The van der Waals surface area contributed by atoms with Crippen LogP contribution < -0.4 is 10.1 Å². The van der Waals surface area contributed by atoms with Crippen molar-refractivity contribution in [3.05, 3.63) is 60.2 Å². The molecule has 2 aromatic carbocycles. The van der Waals surface area contributed by atoms with Crippen molar-refractivity contribution < 1.29 is 4.74 Å². The van der Waals surface area contributed by atoms with Gasteiger partial charge in [0.1, 0.15) is 5.75 Å². The summed E-state index contributed by atoms with van der Waals surface area (Å²) in [5.41, 5.74) is 3.52. The van der Waals surface area contributed by atoms with E-state index >= 15 is 0 Å². The molecule has 1 aromatic heterocycles. The summed E-state index contributed by atoms with van der Waals surface area (Å²) < 4.78 is 7.57. The van der Waals surface area contributed by atoms with Crippen LogP contribution in [0.4, 0.5) is 0 Å². The molecule has 0 spiro atoms. The van der Waals surface area contributed by atoms with Crippen molar-refractivity contribution in [1.29, 1.82) is 0 Å². The Morgan fingerprint density at radius 1 is 0.938 bits per heavy atom. The number of nitrogens with zero attached hydrogens (tertiary/aromatic N) is 4. The second-order valence-corrected chi connectivity index (χ2v) is 11.2. The lowest BCUT2D eigenvalue weighted by molar-refractivity contribution is -0.118. The fourth-order valence-corrected chi connectivity index (χ4v) is 7.69. The zero-order valence-corrected chi connectivity index (χ0v) is 18.9. The highest BCUT2D eigenvalue weighted by Gasteiger charge is 2.59. The maximum atomic E-state index is 5.97. The van der Waals surface area contributed by atoms with Gasteiger partial charge in [-0.1, -0.05) is 49.3 Å². The molecule has 6 nitrogen and oxygen atoms in total. The maximum Gasteiger partial charge on any atom is 0.345 e. The van der Waals surface area contributed by atoms with Gasteiger partial charge in [0.15, 0.2) is 0 Å². The van der Waals surface area contributed by atoms with Crippen molar-refractivity contribution in [1.82, 2.24) is 25.5 Å². The third-order valence-corrected chi connectivity index (χ3v) is 7.87. The van der Waals surface area contributed by atoms with Gasteiger partial charge in [0, 0.05) is 12.1 Å². The van der Waals surface area contributed by atoms with Crippen LogP contribution in [0.5, 0.6) is 11.8 Å². The van der Waals surface area contributed by atoms with E-state index in [1.54, 1.807) is 4.68 Å². The molecule has 0 amide bonds. The highest BCUT2D eigenvalue weighted by Crippen LogP contribution is 2.66. The molecular formula is C26H31N5O. The highest BCUT2D eigenvalue weighted by molar-refractivity contribution is 5.34. The van der Waals surface area contributed by atoms with Gasteiger partial charge in [0.25, 0.3) is 0 Å². The SMILES string of the molecule is C[C@]12CC3CC(NCc4ccc(Oc5nnnn5-c5ccccc5)cc4)(C1)C[C@@](C)(C3)C2. The molecule has 0 saturated heterocycles. The molecule has 3 aromatic rings. The first-order valence-corrected chi connectivity index (χ1v) is 11.8. The Bertz CT molecular complexity index is 1090. The van der Waals surface area contributed by atoms with Crippen LogP contribution in [0, 0.1) is 16.7 Å². The van der Waals surface area contributed by atoms with Crippen molar-refractivity contribution in [3.63, 3.8) is 0 Å². The van der Waals surface area contributed by atoms with Crippen LogP contribution in [0.15, 0.2) is 54.6 Å². The highest BCUT2D eigenvalue weighted by atomic mass is 16.5. The summed E-state index contributed by atoms with van der Waals surface area (Å²) in [6.07, 6.45) is 8.28. The van der Waals surface area contributed by atoms with Crippen LogP contribution >= 0.6 is 0 Å². The van der Waals surface area contributed by atoms with Gasteiger partial charge >= 0.3 is 6.01 Å². The topological polar surface area (TPSA) is 64.9 Å². The maximum absolute atomic E-state index is 5.97. The van der Waals surface area contributed by atoms with Crippen molar-refractivity contribution in [2.75, 3.05) is 0 Å². The standard InChI is InChI=1S/C26H31N5O/c1-24-12-20-13-25(2,16-24)18-26(14-20,17-24)27-15-19-8-10-22(11-9-19)32-23-28-29-30-31(23)21-6-4-3-5-7-21/h3-11,20,27H,12-18H2,1-2H3/t20?,24-,25+,26?. The van der Waals surface area contributed by atoms with Gasteiger partial charge in [-0.3, -0.25) is 0 Å². The molecule has 4 aliphatic rings. The number of hydrogen-bond donors (Lipinski definition) is 1. The predicted molar refractivity (Wildman–Crippen MR) is 123 cm³/mol. The van der Waals surface area contributed by atoms with Gasteiger partial charge in [-0.25, -0.2) is 0 Å². The van der Waals surface area contributed by atoms with E-state index < -0.39 is 0 Å². The average molecular weight is 430 g/mol. The van der Waals surface area contributed by atoms with E-state index in [4.69, 9.17) is 4.74 Å². The number of rotatable bonds is 6. The number of aromatic nitrogens is 4. The van der Waals surface area contributed by atoms with E-state index in [0.29, 0.717) is 22.4 Å². The van der Waals surface area contributed by atoms with Crippen molar-refractivity contribution in [3.8, 4) is 17.4 Å². The fraction of sp³-hybridized carbons (Fsp3) is 0.500. The molecule has 4 aliphatic carbocycles. The lowest BCUT2D eigenvalue weighted by Gasteiger charge is -2.65. The monoisotopic (exact) mass is 429 g/mol. The molecule has 166 valence electrons. The molecule has 0 aliphatic heterocycles. The molecule has 4 atom stereocenters. The minimum absolute atomic E-state index is 0.315. The molecule has 6 heteroatoms. The summed E-state index contributed by atoms with van der Waals surface area (Å²) in [7, 11) is 0. The minimum atomic E-state index is 0.315. The van der Waals surface area contributed by atoms with Gasteiger partial charge in [-0.15, -0.1) is 0 Å². The van der Waals surface area contributed by atoms with E-state index in [-0.39, 0.29) is 0 Å². The molecule has 1 N–H and O–H groups in total. The first-order chi connectivity index (χ1) is 15.4. The molecule has 1 heterocycles. The third kappa shape index (κ3) is 3.60. The van der Waals surface area contributed by atoms with Crippen molar-refractivity contribution >= 4 is 0 Å². The quantitative estimate of drug-likeness (QED) is 0.576. The molecule has 32 heavy (non-hydrogen) atoms. The lowest BCUT2D eigenvalue weighted by atomic mass is 9.43. The molecule has 7 rings (SSSR count). The van der Waals surface area contributed by atoms with Crippen LogP contribution in [0.2, 0.25) is 0 Å². The van der Waals surface area contributed by atoms with Gasteiger partial charge in [-0.05, 0) is 95.5 Å². The summed E-state index contributed by atoms with van der Waals surface area (Å²) in [6, 6.07) is 18.4. The van der Waals surface area contributed by atoms with Crippen molar-refractivity contribution in [2.45, 2.75) is 64.5 Å². The summed E-state index contributed by atoms with van der Waals surface area (Å²) >= 11 is 0. The number of hydrogen-bond acceptors (Lipinski definition) is 5. The Balaban J connectivity index is 1.13. The fourth-order valence-electron chi connectivity index (χ4n) is 7.69. The second kappa shape index (κ2) is 7.14. The van der Waals surface area contributed by atoms with Crippen LogP contribution in [-0.2, 0) is 6.54 Å². The van der Waals surface area contributed by atoms with Gasteiger partial charge < -0.3 is 10.1 Å². The zero-order chi connectivity index (χ0) is 21.8. The van der Waals surface area contributed by atoms with Gasteiger partial charge in [-0.2, -0.15) is 4.68 Å². The van der Waals surface area contributed by atoms with E-state index in [0.717, 1.165) is 23.9 Å². The number of ether oxygens (including phenoxy) is 1. The minimum Gasteiger partial charge on any atom is -0.423 e. The van der Waals surface area contributed by atoms with Crippen LogP contribution in [0.3, 0.4) is 0 Å². The smallest absolute Gasteiger partial charge is 0.345 e. The van der Waals surface area contributed by atoms with Crippen molar-refractivity contribution in [2.24, 2.45) is 16.7 Å². The Morgan fingerprint density at radius 3 is 2.34 bits per heavy atom. The first-order valence-electron chi connectivity index (χ1n) is 11.8. The van der Waals surface area contributed by atoms with Crippen LogP contribution in [0.1, 0.15) is 57.9 Å². The number of benzene rings is 2. The van der Waals surface area contributed by atoms with E-state index in [1.165, 1.54) is 44.1 Å². The number of tetrazole rings is 1. The summed E-state index contributed by atoms with van der Waals surface area (Å²) in [5.74, 6) is 1.63. The van der Waals surface area contributed by atoms with Gasteiger partial charge in [0.05, 0.1) is 5.69 Å². The van der Waals surface area contributed by atoms with Crippen LogP contribution in [-0.4, -0.2) is 25.7 Å². The van der Waals surface area contributed by atoms with E-state index in [2.05, 4.69) is 46.8 Å². The largest absolute Gasteiger partial charge is 0.423 e. The summed E-state index contributed by atoms with van der Waals surface area (Å²) in [6.45, 7) is 5.96. The number of para-hydroxylation sites is 1. The third-order valence-electron chi connectivity index (χ3n) is 7.87. The normalized spacial score (nSPS) is 32.9. The Kier molecular flexibility index (Phi) is 4.44. The van der Waals surface area contributed by atoms with Gasteiger partial charge in [0.2, 0.25) is 0 Å². The lowest BCUT2D eigenvalue weighted by Crippen LogP contribution is -2.63. The van der Waals surface area contributed by atoms with E-state index in [1.807, 2.05) is 42.5 Å². The second-order valence-electron chi connectivity index (χ2n) is 11.2. The Morgan fingerprint density at radius 2 is 1.66 bits per heavy atom. The average Bonchev–Trinajstić information content (AvgIpc) is 3.19. The molecule has 4 bridgehead atoms. The Hall–Kier alpha value is -2.73. The predicted octanol–water partition coefficient (Wildman–Crippen LogP) is 5.29. The molecule has 2 unspecified atom stereocenters. The zero-order valence-electron chi connectivity index (χ0n) is 18.9. The van der Waals surface area contributed by atoms with E-state index in [9.17, 15) is 0 Å². The van der Waals surface area contributed by atoms with Crippen LogP contribution in [0.25, 0.3) is 5.69 Å². The Labute approximate surface area is 189 Å². The molecular weight excluding hydrogens is 398 g/mol. The molecule has 4 fully saturated rings. The first kappa shape index (κ1) is 19.9. The molecule has 4 saturated carbocycles. The number of nitrogens with one attached hydrogen (secondary N) is 1. The molecule has 0 radical (unpaired) electrons. The summed E-state index contributed by atoms with van der Waals surface area (Å²) in [5, 5.41) is 15.9.